The minimum absolute atomic E-state index is 0.104. The maximum Gasteiger partial charge on any atom is 0.222 e. The van der Waals surface area contributed by atoms with E-state index in [1.165, 1.54) is 0 Å². The van der Waals surface area contributed by atoms with Gasteiger partial charge in [0.05, 0.1) is 12.5 Å². The van der Waals surface area contributed by atoms with E-state index in [4.69, 9.17) is 4.74 Å². The third-order valence-electron chi connectivity index (χ3n) is 2.25. The molecule has 0 heterocycles. The third kappa shape index (κ3) is 8.43. The van der Waals surface area contributed by atoms with Gasteiger partial charge in [-0.15, -0.1) is 0 Å². The average molecular weight is 215 g/mol. The highest BCUT2D eigenvalue weighted by Crippen LogP contribution is 2.08. The van der Waals surface area contributed by atoms with E-state index >= 15 is 0 Å². The summed E-state index contributed by atoms with van der Waals surface area (Å²) in [6, 6.07) is 0. The molecule has 0 aliphatic carbocycles. The van der Waals surface area contributed by atoms with E-state index in [9.17, 15) is 4.79 Å². The predicted octanol–water partition coefficient (Wildman–Crippen LogP) is 2.50. The van der Waals surface area contributed by atoms with Crippen molar-refractivity contribution in [3.05, 3.63) is 0 Å². The number of unbranched alkanes of at least 4 members (excludes halogenated alkanes) is 1. The van der Waals surface area contributed by atoms with Crippen LogP contribution in [0.1, 0.15) is 52.9 Å². The van der Waals surface area contributed by atoms with Gasteiger partial charge in [-0.2, -0.15) is 0 Å². The van der Waals surface area contributed by atoms with Crippen molar-refractivity contribution in [2.45, 2.75) is 59.0 Å². The van der Waals surface area contributed by atoms with E-state index < -0.39 is 0 Å². The molecule has 0 aliphatic heterocycles. The van der Waals surface area contributed by atoms with Crippen LogP contribution >= 0.6 is 0 Å². The summed E-state index contributed by atoms with van der Waals surface area (Å²) in [6.07, 6.45) is 4.87. The molecule has 0 aromatic carbocycles. The zero-order valence-electron chi connectivity index (χ0n) is 10.3. The normalized spacial score (nSPS) is 12.5. The van der Waals surface area contributed by atoms with Crippen molar-refractivity contribution in [3.8, 4) is 0 Å². The molecule has 0 radical (unpaired) electrons. The number of hydrogen-bond donors (Lipinski definition) is 1. The lowest BCUT2D eigenvalue weighted by molar-refractivity contribution is -0.124. The van der Waals surface area contributed by atoms with Crippen LogP contribution in [0.4, 0.5) is 0 Å². The molecular formula is C12H25NO2. The van der Waals surface area contributed by atoms with Gasteiger partial charge in [0.2, 0.25) is 5.91 Å². The molecule has 0 spiro atoms. The van der Waals surface area contributed by atoms with Crippen molar-refractivity contribution in [2.75, 3.05) is 13.2 Å². The number of carbonyl (C=O) groups is 1. The lowest BCUT2D eigenvalue weighted by Crippen LogP contribution is -2.28. The summed E-state index contributed by atoms with van der Waals surface area (Å²) in [5.74, 6) is 0.104. The molecule has 0 rings (SSSR count). The minimum Gasteiger partial charge on any atom is -0.378 e. The lowest BCUT2D eigenvalue weighted by Gasteiger charge is -2.16. The number of nitrogens with one attached hydrogen (secondary N) is 1. The van der Waals surface area contributed by atoms with Gasteiger partial charge in [-0.25, -0.2) is 0 Å². The molecule has 1 unspecified atom stereocenters. The van der Waals surface area contributed by atoms with Gasteiger partial charge in [0.1, 0.15) is 0 Å². The fourth-order valence-corrected chi connectivity index (χ4v) is 1.44. The molecule has 3 nitrogen and oxygen atoms in total. The second kappa shape index (κ2) is 9.97. The summed E-state index contributed by atoms with van der Waals surface area (Å²) < 4.78 is 5.68. The molecule has 3 heteroatoms. The van der Waals surface area contributed by atoms with Gasteiger partial charge >= 0.3 is 0 Å². The van der Waals surface area contributed by atoms with Gasteiger partial charge in [0.15, 0.2) is 0 Å². The standard InChI is InChI=1S/C12H25NO2/c1-4-7-9-15-11(8-5-2)10-12(14)13-6-3/h11H,4-10H2,1-3H3,(H,13,14). The highest BCUT2D eigenvalue weighted by atomic mass is 16.5. The smallest absolute Gasteiger partial charge is 0.222 e. The van der Waals surface area contributed by atoms with Crippen LogP contribution in [0.25, 0.3) is 0 Å². The lowest BCUT2D eigenvalue weighted by atomic mass is 10.1. The first-order valence-corrected chi connectivity index (χ1v) is 6.12. The number of rotatable bonds is 9. The Kier molecular flexibility index (Phi) is 9.59. The van der Waals surface area contributed by atoms with Crippen LogP contribution in [-0.4, -0.2) is 25.2 Å². The second-order valence-corrected chi connectivity index (χ2v) is 3.79. The van der Waals surface area contributed by atoms with Crippen LogP contribution in [0.3, 0.4) is 0 Å². The quantitative estimate of drug-likeness (QED) is 0.600. The minimum atomic E-state index is 0.104. The van der Waals surface area contributed by atoms with Crippen molar-refractivity contribution in [3.63, 3.8) is 0 Å². The number of ether oxygens (including phenoxy) is 1. The van der Waals surface area contributed by atoms with Gasteiger partial charge in [0.25, 0.3) is 0 Å². The average Bonchev–Trinajstić information content (AvgIpc) is 2.18. The summed E-state index contributed by atoms with van der Waals surface area (Å²) >= 11 is 0. The van der Waals surface area contributed by atoms with E-state index in [0.29, 0.717) is 13.0 Å². The molecular weight excluding hydrogens is 190 g/mol. The molecule has 15 heavy (non-hydrogen) atoms. The Hall–Kier alpha value is -0.570. The molecule has 0 aliphatic rings. The fourth-order valence-electron chi connectivity index (χ4n) is 1.44. The summed E-state index contributed by atoms with van der Waals surface area (Å²) in [5.41, 5.74) is 0. The van der Waals surface area contributed by atoms with Gasteiger partial charge in [-0.3, -0.25) is 4.79 Å². The summed E-state index contributed by atoms with van der Waals surface area (Å²) in [7, 11) is 0. The number of amides is 1. The Morgan fingerprint density at radius 2 is 2.00 bits per heavy atom. The van der Waals surface area contributed by atoms with Gasteiger partial charge in [-0.05, 0) is 19.8 Å². The second-order valence-electron chi connectivity index (χ2n) is 3.79. The van der Waals surface area contributed by atoms with E-state index in [2.05, 4.69) is 19.2 Å². The predicted molar refractivity (Wildman–Crippen MR) is 62.9 cm³/mol. The van der Waals surface area contributed by atoms with Crippen LogP contribution in [0.15, 0.2) is 0 Å². The van der Waals surface area contributed by atoms with Crippen LogP contribution in [-0.2, 0) is 9.53 Å². The highest BCUT2D eigenvalue weighted by Gasteiger charge is 2.12. The molecule has 0 saturated heterocycles. The third-order valence-corrected chi connectivity index (χ3v) is 2.25. The number of hydrogen-bond acceptors (Lipinski definition) is 2. The van der Waals surface area contributed by atoms with Crippen LogP contribution < -0.4 is 5.32 Å². The Morgan fingerprint density at radius 1 is 1.27 bits per heavy atom. The van der Waals surface area contributed by atoms with E-state index in [-0.39, 0.29) is 12.0 Å². The number of carbonyl (C=O) groups excluding carboxylic acids is 1. The zero-order chi connectivity index (χ0) is 11.5. The summed E-state index contributed by atoms with van der Waals surface area (Å²) in [5, 5.41) is 2.81. The van der Waals surface area contributed by atoms with Gasteiger partial charge in [-0.1, -0.05) is 26.7 Å². The molecule has 1 N–H and O–H groups in total. The molecule has 1 amide bonds. The van der Waals surface area contributed by atoms with E-state index in [1.807, 2.05) is 6.92 Å². The molecule has 0 aromatic heterocycles. The monoisotopic (exact) mass is 215 g/mol. The van der Waals surface area contributed by atoms with Gasteiger partial charge < -0.3 is 10.1 Å². The van der Waals surface area contributed by atoms with Crippen LogP contribution in [0.5, 0.6) is 0 Å². The molecule has 0 fully saturated rings. The van der Waals surface area contributed by atoms with Gasteiger partial charge in [0, 0.05) is 13.2 Å². The summed E-state index contributed by atoms with van der Waals surface area (Å²) in [6.45, 7) is 7.67. The zero-order valence-corrected chi connectivity index (χ0v) is 10.3. The Bertz CT molecular complexity index is 160. The Morgan fingerprint density at radius 3 is 2.53 bits per heavy atom. The fraction of sp³-hybridized carbons (Fsp3) is 0.917. The van der Waals surface area contributed by atoms with Crippen molar-refractivity contribution in [2.24, 2.45) is 0 Å². The van der Waals surface area contributed by atoms with Crippen LogP contribution in [0.2, 0.25) is 0 Å². The van der Waals surface area contributed by atoms with E-state index in [0.717, 1.165) is 32.3 Å². The molecule has 1 atom stereocenters. The first-order valence-electron chi connectivity index (χ1n) is 6.12. The SMILES string of the molecule is CCCCOC(CCC)CC(=O)NCC. The molecule has 0 saturated carbocycles. The van der Waals surface area contributed by atoms with Crippen molar-refractivity contribution < 1.29 is 9.53 Å². The van der Waals surface area contributed by atoms with Crippen molar-refractivity contribution >= 4 is 5.91 Å². The first kappa shape index (κ1) is 14.4. The summed E-state index contributed by atoms with van der Waals surface area (Å²) in [4.78, 5) is 11.4. The van der Waals surface area contributed by atoms with Crippen molar-refractivity contribution in [1.82, 2.24) is 5.32 Å². The van der Waals surface area contributed by atoms with Crippen LogP contribution in [0, 0.1) is 0 Å². The Labute approximate surface area is 93.6 Å². The largest absolute Gasteiger partial charge is 0.378 e. The topological polar surface area (TPSA) is 38.3 Å². The molecule has 0 bridgehead atoms. The van der Waals surface area contributed by atoms with Crippen molar-refractivity contribution in [1.29, 1.82) is 0 Å². The first-order chi connectivity index (χ1) is 7.24. The highest BCUT2D eigenvalue weighted by molar-refractivity contribution is 5.76. The maximum absolute atomic E-state index is 11.4. The molecule has 90 valence electrons. The maximum atomic E-state index is 11.4. The Balaban J connectivity index is 3.75. The molecule has 0 aromatic rings. The van der Waals surface area contributed by atoms with E-state index in [1.54, 1.807) is 0 Å².